The molecule has 5 nitrogen and oxygen atoms in total. The van der Waals surface area contributed by atoms with Gasteiger partial charge in [-0.15, -0.1) is 0 Å². The molecule has 0 atom stereocenters. The lowest BCUT2D eigenvalue weighted by atomic mass is 10.2. The first kappa shape index (κ1) is 13.5. The van der Waals surface area contributed by atoms with Crippen molar-refractivity contribution < 1.29 is 19.0 Å². The Morgan fingerprint density at radius 2 is 2.12 bits per heavy atom. The Morgan fingerprint density at radius 3 is 2.82 bits per heavy atom. The molecule has 0 unspecified atom stereocenters. The Kier molecular flexibility index (Phi) is 6.06. The molecule has 0 saturated heterocycles. The molecule has 0 aliphatic carbocycles. The number of benzene rings is 1. The van der Waals surface area contributed by atoms with E-state index in [9.17, 15) is 4.79 Å². The molecule has 1 aromatic carbocycles. The van der Waals surface area contributed by atoms with Gasteiger partial charge >= 0.3 is 5.97 Å². The summed E-state index contributed by atoms with van der Waals surface area (Å²) in [6.45, 7) is 1.91. The van der Waals surface area contributed by atoms with Gasteiger partial charge < -0.3 is 19.9 Å². The van der Waals surface area contributed by atoms with E-state index in [4.69, 9.17) is 15.2 Å². The summed E-state index contributed by atoms with van der Waals surface area (Å²) in [6, 6.07) is 6.82. The molecule has 0 aromatic heterocycles. The van der Waals surface area contributed by atoms with Gasteiger partial charge in [0.25, 0.3) is 0 Å². The molecule has 5 heteroatoms. The van der Waals surface area contributed by atoms with E-state index < -0.39 is 0 Å². The number of esters is 1. The van der Waals surface area contributed by atoms with Gasteiger partial charge in [-0.1, -0.05) is 6.07 Å². The van der Waals surface area contributed by atoms with Crippen LogP contribution in [0.15, 0.2) is 24.3 Å². The van der Waals surface area contributed by atoms with E-state index >= 15 is 0 Å². The molecule has 1 rings (SSSR count). The number of rotatable bonds is 7. The van der Waals surface area contributed by atoms with E-state index in [-0.39, 0.29) is 5.97 Å². The van der Waals surface area contributed by atoms with Crippen LogP contribution in [0.25, 0.3) is 0 Å². The summed E-state index contributed by atoms with van der Waals surface area (Å²) in [5, 5.41) is 0. The lowest BCUT2D eigenvalue weighted by molar-refractivity contribution is 0.0600. The Balaban J connectivity index is 2.40. The molecule has 0 aliphatic heterocycles. The van der Waals surface area contributed by atoms with Crippen LogP contribution in [0, 0.1) is 0 Å². The van der Waals surface area contributed by atoms with Crippen molar-refractivity contribution in [1.29, 1.82) is 0 Å². The summed E-state index contributed by atoms with van der Waals surface area (Å²) in [5.41, 5.74) is 5.74. The van der Waals surface area contributed by atoms with E-state index in [1.807, 2.05) is 0 Å². The van der Waals surface area contributed by atoms with Crippen molar-refractivity contribution >= 4 is 5.97 Å². The van der Waals surface area contributed by atoms with Crippen LogP contribution in [0.3, 0.4) is 0 Å². The zero-order chi connectivity index (χ0) is 12.5. The summed E-state index contributed by atoms with van der Waals surface area (Å²) < 4.78 is 15.2. The molecular formula is C12H17NO4. The number of nitrogens with two attached hydrogens (primary N) is 1. The summed E-state index contributed by atoms with van der Waals surface area (Å²) >= 11 is 0. The highest BCUT2D eigenvalue weighted by atomic mass is 16.5. The van der Waals surface area contributed by atoms with Crippen LogP contribution in [0.1, 0.15) is 10.4 Å². The molecule has 0 aliphatic rings. The van der Waals surface area contributed by atoms with Crippen molar-refractivity contribution in [2.24, 2.45) is 5.73 Å². The third-order valence-electron chi connectivity index (χ3n) is 2.01. The molecule has 2 N–H and O–H groups in total. The molecule has 0 bridgehead atoms. The van der Waals surface area contributed by atoms with Gasteiger partial charge in [0, 0.05) is 6.54 Å². The normalized spacial score (nSPS) is 10.0. The number of methoxy groups -OCH3 is 1. The monoisotopic (exact) mass is 239 g/mol. The summed E-state index contributed by atoms with van der Waals surface area (Å²) in [6.07, 6.45) is 0. The zero-order valence-corrected chi connectivity index (χ0v) is 9.85. The fourth-order valence-electron chi connectivity index (χ4n) is 1.23. The van der Waals surface area contributed by atoms with Crippen LogP contribution < -0.4 is 10.5 Å². The topological polar surface area (TPSA) is 70.8 Å². The van der Waals surface area contributed by atoms with Gasteiger partial charge in [-0.05, 0) is 18.2 Å². The van der Waals surface area contributed by atoms with Crippen LogP contribution in [-0.2, 0) is 9.47 Å². The molecule has 1 aromatic rings. The Morgan fingerprint density at radius 1 is 1.29 bits per heavy atom. The van der Waals surface area contributed by atoms with Crippen molar-refractivity contribution in [3.05, 3.63) is 29.8 Å². The highest BCUT2D eigenvalue weighted by Crippen LogP contribution is 2.13. The molecule has 0 heterocycles. The lowest BCUT2D eigenvalue weighted by Gasteiger charge is -2.07. The predicted octanol–water partition coefficient (Wildman–Crippen LogP) is 0.827. The Bertz CT molecular complexity index is 354. The van der Waals surface area contributed by atoms with Gasteiger partial charge in [0.2, 0.25) is 0 Å². The van der Waals surface area contributed by atoms with Crippen molar-refractivity contribution in [3.63, 3.8) is 0 Å². The lowest BCUT2D eigenvalue weighted by Crippen LogP contribution is -2.13. The fraction of sp³-hybridized carbons (Fsp3) is 0.417. The highest BCUT2D eigenvalue weighted by molar-refractivity contribution is 5.89. The number of hydrogen-bond acceptors (Lipinski definition) is 5. The van der Waals surface area contributed by atoms with Crippen LogP contribution in [0.4, 0.5) is 0 Å². The van der Waals surface area contributed by atoms with Gasteiger partial charge in [0.1, 0.15) is 12.4 Å². The van der Waals surface area contributed by atoms with Crippen molar-refractivity contribution in [2.45, 2.75) is 0 Å². The third-order valence-corrected chi connectivity index (χ3v) is 2.01. The first-order valence-electron chi connectivity index (χ1n) is 5.37. The molecular weight excluding hydrogens is 222 g/mol. The van der Waals surface area contributed by atoms with Crippen LogP contribution >= 0.6 is 0 Å². The van der Waals surface area contributed by atoms with Crippen molar-refractivity contribution in [1.82, 2.24) is 0 Å². The minimum atomic E-state index is -0.380. The Labute approximate surface area is 100 Å². The molecule has 0 radical (unpaired) electrons. The average molecular weight is 239 g/mol. The van der Waals surface area contributed by atoms with Gasteiger partial charge in [0.15, 0.2) is 0 Å². The smallest absolute Gasteiger partial charge is 0.337 e. The first-order chi connectivity index (χ1) is 8.27. The second-order valence-corrected chi connectivity index (χ2v) is 3.27. The number of hydrogen-bond donors (Lipinski definition) is 1. The zero-order valence-electron chi connectivity index (χ0n) is 9.85. The van der Waals surface area contributed by atoms with Gasteiger partial charge in [-0.25, -0.2) is 4.79 Å². The SMILES string of the molecule is COC(=O)c1cccc(OCCOCCN)c1. The Hall–Kier alpha value is -1.59. The maximum Gasteiger partial charge on any atom is 0.337 e. The van der Waals surface area contributed by atoms with Crippen molar-refractivity contribution in [3.8, 4) is 5.75 Å². The summed E-state index contributed by atoms with van der Waals surface area (Å²) in [4.78, 5) is 11.3. The largest absolute Gasteiger partial charge is 0.491 e. The molecule has 0 fully saturated rings. The molecule has 94 valence electrons. The van der Waals surface area contributed by atoms with E-state index in [0.717, 1.165) is 0 Å². The third kappa shape index (κ3) is 4.84. The van der Waals surface area contributed by atoms with E-state index in [1.54, 1.807) is 24.3 Å². The minimum absolute atomic E-state index is 0.380. The molecule has 17 heavy (non-hydrogen) atoms. The number of carbonyl (C=O) groups excluding carboxylic acids is 1. The predicted molar refractivity (Wildman–Crippen MR) is 63.1 cm³/mol. The van der Waals surface area contributed by atoms with Crippen LogP contribution in [-0.4, -0.2) is 39.4 Å². The van der Waals surface area contributed by atoms with Crippen LogP contribution in [0.2, 0.25) is 0 Å². The van der Waals surface area contributed by atoms with Gasteiger partial charge in [0.05, 0.1) is 25.9 Å². The van der Waals surface area contributed by atoms with Crippen LogP contribution in [0.5, 0.6) is 5.75 Å². The fourth-order valence-corrected chi connectivity index (χ4v) is 1.23. The standard InChI is InChI=1S/C12H17NO4/c1-15-12(14)10-3-2-4-11(9-10)17-8-7-16-6-5-13/h2-4,9H,5-8,13H2,1H3. The van der Waals surface area contributed by atoms with Gasteiger partial charge in [-0.2, -0.15) is 0 Å². The minimum Gasteiger partial charge on any atom is -0.491 e. The van der Waals surface area contributed by atoms with E-state index in [1.165, 1.54) is 7.11 Å². The summed E-state index contributed by atoms with van der Waals surface area (Å²) in [7, 11) is 1.34. The van der Waals surface area contributed by atoms with Crippen molar-refractivity contribution in [2.75, 3.05) is 33.5 Å². The first-order valence-corrected chi connectivity index (χ1v) is 5.37. The summed E-state index contributed by atoms with van der Waals surface area (Å²) in [5.74, 6) is 0.235. The van der Waals surface area contributed by atoms with Gasteiger partial charge in [-0.3, -0.25) is 0 Å². The quantitative estimate of drug-likeness (QED) is 0.563. The molecule has 0 saturated carbocycles. The molecule has 0 spiro atoms. The molecule has 0 amide bonds. The average Bonchev–Trinajstić information content (AvgIpc) is 2.38. The maximum absolute atomic E-state index is 11.3. The number of ether oxygens (including phenoxy) is 3. The maximum atomic E-state index is 11.3. The van der Waals surface area contributed by atoms with E-state index in [2.05, 4.69) is 4.74 Å². The second kappa shape index (κ2) is 7.65. The highest BCUT2D eigenvalue weighted by Gasteiger charge is 2.05. The second-order valence-electron chi connectivity index (χ2n) is 3.27. The van der Waals surface area contributed by atoms with E-state index in [0.29, 0.717) is 37.7 Å². The number of carbonyl (C=O) groups is 1.